The van der Waals surface area contributed by atoms with Crippen LogP contribution in [0.5, 0.6) is 5.75 Å². The van der Waals surface area contributed by atoms with Gasteiger partial charge in [0.25, 0.3) is 11.1 Å². The average Bonchev–Trinajstić information content (AvgIpc) is 3.07. The van der Waals surface area contributed by atoms with Gasteiger partial charge in [-0.2, -0.15) is 0 Å². The molecule has 2 amide bonds. The Kier molecular flexibility index (Phi) is 6.97. The molecule has 0 atom stereocenters. The summed E-state index contributed by atoms with van der Waals surface area (Å²) < 4.78 is 5.67. The topological polar surface area (TPSA) is 53.1 Å². The van der Waals surface area contributed by atoms with E-state index in [0.29, 0.717) is 23.9 Å². The number of imide groups is 1. The predicted octanol–water partition coefficient (Wildman–Crippen LogP) is 4.38. The minimum Gasteiger partial charge on any atom is -0.489 e. The predicted molar refractivity (Wildman–Crippen MR) is 130 cm³/mol. The highest BCUT2D eigenvalue weighted by Gasteiger charge is 2.36. The largest absolute Gasteiger partial charge is 0.489 e. The van der Waals surface area contributed by atoms with Crippen molar-refractivity contribution in [3.63, 3.8) is 0 Å². The van der Waals surface area contributed by atoms with Crippen molar-refractivity contribution in [2.45, 2.75) is 6.92 Å². The van der Waals surface area contributed by atoms with Crippen LogP contribution >= 0.6 is 11.8 Å². The first-order chi connectivity index (χ1) is 15.6. The van der Waals surface area contributed by atoms with Crippen LogP contribution in [0.25, 0.3) is 6.08 Å². The highest BCUT2D eigenvalue weighted by molar-refractivity contribution is 8.18. The molecule has 2 aromatic carbocycles. The van der Waals surface area contributed by atoms with E-state index in [1.54, 1.807) is 12.2 Å². The van der Waals surface area contributed by atoms with Crippen molar-refractivity contribution in [3.05, 3.63) is 77.2 Å². The zero-order valence-corrected chi connectivity index (χ0v) is 19.0. The highest BCUT2D eigenvalue weighted by atomic mass is 32.2. The van der Waals surface area contributed by atoms with Crippen molar-refractivity contribution in [1.82, 2.24) is 9.80 Å². The summed E-state index contributed by atoms with van der Waals surface area (Å²) in [5.74, 6) is 0.409. The lowest BCUT2D eigenvalue weighted by Gasteiger charge is -2.37. The summed E-state index contributed by atoms with van der Waals surface area (Å²) in [5, 5.41) is -0.230. The number of ether oxygens (including phenoxy) is 1. The molecule has 0 unspecified atom stereocenters. The maximum absolute atomic E-state index is 13.0. The lowest BCUT2D eigenvalue weighted by Crippen LogP contribution is -2.51. The lowest BCUT2D eigenvalue weighted by molar-refractivity contribution is -0.124. The van der Waals surface area contributed by atoms with Gasteiger partial charge in [-0.1, -0.05) is 49.1 Å². The van der Waals surface area contributed by atoms with Gasteiger partial charge in [0.15, 0.2) is 0 Å². The monoisotopic (exact) mass is 449 g/mol. The number of piperazine rings is 1. The molecule has 6 nitrogen and oxygen atoms in total. The van der Waals surface area contributed by atoms with Crippen LogP contribution in [0.15, 0.2) is 66.1 Å². The van der Waals surface area contributed by atoms with E-state index in [0.717, 1.165) is 43.5 Å². The summed E-state index contributed by atoms with van der Waals surface area (Å²) in [5.41, 5.74) is 3.28. The summed E-state index contributed by atoms with van der Waals surface area (Å²) >= 11 is 0.983. The Labute approximate surface area is 193 Å². The number of hydrogen-bond donors (Lipinski definition) is 0. The van der Waals surface area contributed by atoms with Gasteiger partial charge in [0.05, 0.1) is 11.6 Å². The average molecular weight is 450 g/mol. The van der Waals surface area contributed by atoms with Crippen LogP contribution in [0.2, 0.25) is 0 Å². The Morgan fingerprint density at radius 2 is 1.75 bits per heavy atom. The van der Waals surface area contributed by atoms with Gasteiger partial charge in [0.2, 0.25) is 0 Å². The Balaban J connectivity index is 1.40. The van der Waals surface area contributed by atoms with Gasteiger partial charge < -0.3 is 9.64 Å². The molecule has 2 saturated heterocycles. The number of carbonyl (C=O) groups is 2. The number of para-hydroxylation sites is 2. The van der Waals surface area contributed by atoms with Crippen LogP contribution in [-0.4, -0.2) is 60.4 Å². The molecule has 4 rings (SSSR count). The molecule has 0 aromatic heterocycles. The van der Waals surface area contributed by atoms with E-state index < -0.39 is 0 Å². The van der Waals surface area contributed by atoms with Crippen molar-refractivity contribution in [1.29, 1.82) is 0 Å². The molecule has 2 heterocycles. The van der Waals surface area contributed by atoms with E-state index in [1.807, 2.05) is 30.3 Å². The molecule has 2 fully saturated rings. The van der Waals surface area contributed by atoms with Crippen LogP contribution in [0.1, 0.15) is 11.1 Å². The van der Waals surface area contributed by atoms with Gasteiger partial charge in [-0.05, 0) is 42.5 Å². The van der Waals surface area contributed by atoms with Crippen molar-refractivity contribution in [3.8, 4) is 5.75 Å². The minimum absolute atomic E-state index is 0.230. The Bertz CT molecular complexity index is 1040. The van der Waals surface area contributed by atoms with E-state index in [4.69, 9.17) is 4.74 Å². The third-order valence-corrected chi connectivity index (χ3v) is 6.51. The second kappa shape index (κ2) is 10.1. The molecule has 2 aliphatic heterocycles. The number of thioether (sulfide) groups is 1. The quantitative estimate of drug-likeness (QED) is 0.462. The third-order valence-electron chi connectivity index (χ3n) is 5.61. The van der Waals surface area contributed by atoms with Crippen molar-refractivity contribution < 1.29 is 14.3 Å². The van der Waals surface area contributed by atoms with Crippen LogP contribution in [0.3, 0.4) is 0 Å². The summed E-state index contributed by atoms with van der Waals surface area (Å²) in [6.45, 7) is 9.81. The number of amides is 2. The summed E-state index contributed by atoms with van der Waals surface area (Å²) in [6, 6.07) is 15.8. The molecule has 7 heteroatoms. The SMILES string of the molecule is C=CCOc1ccccc1/C=C1/SC(=O)N(CN2CCN(c3ccccc3C)CC2)C1=O. The molecule has 0 radical (unpaired) electrons. The van der Waals surface area contributed by atoms with E-state index in [9.17, 15) is 9.59 Å². The molecule has 0 spiro atoms. The number of nitrogens with zero attached hydrogens (tertiary/aromatic N) is 3. The fourth-order valence-electron chi connectivity index (χ4n) is 3.89. The first kappa shape index (κ1) is 22.2. The number of carbonyl (C=O) groups excluding carboxylic acids is 2. The van der Waals surface area contributed by atoms with Crippen molar-refractivity contribution >= 4 is 34.7 Å². The van der Waals surface area contributed by atoms with Crippen molar-refractivity contribution in [2.75, 3.05) is 44.4 Å². The molecule has 2 aliphatic rings. The first-order valence-corrected chi connectivity index (χ1v) is 11.5. The van der Waals surface area contributed by atoms with Crippen LogP contribution < -0.4 is 9.64 Å². The molecule has 0 saturated carbocycles. The van der Waals surface area contributed by atoms with E-state index in [1.165, 1.54) is 16.2 Å². The van der Waals surface area contributed by atoms with Crippen molar-refractivity contribution in [2.24, 2.45) is 0 Å². The van der Waals surface area contributed by atoms with Gasteiger partial charge in [-0.25, -0.2) is 0 Å². The third kappa shape index (κ3) is 4.89. The molecule has 0 bridgehead atoms. The Morgan fingerprint density at radius 3 is 2.50 bits per heavy atom. The molecule has 166 valence electrons. The number of aryl methyl sites for hydroxylation is 1. The van der Waals surface area contributed by atoms with E-state index >= 15 is 0 Å². The molecule has 0 N–H and O–H groups in total. The molecular formula is C25H27N3O3S. The fraction of sp³-hybridized carbons (Fsp3) is 0.280. The maximum Gasteiger partial charge on any atom is 0.294 e. The fourth-order valence-corrected chi connectivity index (χ4v) is 4.71. The van der Waals surface area contributed by atoms with Gasteiger partial charge in [-0.15, -0.1) is 0 Å². The Hall–Kier alpha value is -3.03. The van der Waals surface area contributed by atoms with Gasteiger partial charge >= 0.3 is 0 Å². The number of anilines is 1. The van der Waals surface area contributed by atoms with Crippen LogP contribution in [0, 0.1) is 6.92 Å². The number of benzene rings is 2. The summed E-state index contributed by atoms with van der Waals surface area (Å²) in [7, 11) is 0. The minimum atomic E-state index is -0.250. The standard InChI is InChI=1S/C25H27N3O3S/c1-3-16-31-22-11-7-5-9-20(22)17-23-24(29)28(25(30)32-23)18-26-12-14-27(15-13-26)21-10-6-4-8-19(21)2/h3-11,17H,1,12-16,18H2,2H3/b23-17+. The molecule has 32 heavy (non-hydrogen) atoms. The zero-order valence-electron chi connectivity index (χ0n) is 18.2. The highest BCUT2D eigenvalue weighted by Crippen LogP contribution is 2.34. The van der Waals surface area contributed by atoms with Gasteiger partial charge in [0.1, 0.15) is 12.4 Å². The van der Waals surface area contributed by atoms with Gasteiger partial charge in [-0.3, -0.25) is 19.4 Å². The molecular weight excluding hydrogens is 422 g/mol. The second-order valence-corrected chi connectivity index (χ2v) is 8.77. The smallest absolute Gasteiger partial charge is 0.294 e. The zero-order chi connectivity index (χ0) is 22.5. The van der Waals surface area contributed by atoms with E-state index in [2.05, 4.69) is 41.5 Å². The first-order valence-electron chi connectivity index (χ1n) is 10.7. The van der Waals surface area contributed by atoms with Crippen LogP contribution in [0.4, 0.5) is 10.5 Å². The number of hydrogen-bond acceptors (Lipinski definition) is 6. The molecule has 2 aromatic rings. The maximum atomic E-state index is 13.0. The number of rotatable bonds is 7. The van der Waals surface area contributed by atoms with Gasteiger partial charge in [0, 0.05) is 37.4 Å². The van der Waals surface area contributed by atoms with E-state index in [-0.39, 0.29) is 11.1 Å². The molecule has 0 aliphatic carbocycles. The van der Waals surface area contributed by atoms with Crippen LogP contribution in [-0.2, 0) is 4.79 Å². The Morgan fingerprint density at radius 1 is 1.03 bits per heavy atom. The summed E-state index contributed by atoms with van der Waals surface area (Å²) in [4.78, 5) is 31.8. The summed E-state index contributed by atoms with van der Waals surface area (Å²) in [6.07, 6.45) is 3.41. The lowest BCUT2D eigenvalue weighted by atomic mass is 10.1. The normalized spacial score (nSPS) is 18.5. The second-order valence-electron chi connectivity index (χ2n) is 7.78.